The van der Waals surface area contributed by atoms with Crippen LogP contribution in [0.4, 0.5) is 27.9 Å². The third-order valence-corrected chi connectivity index (χ3v) is 8.42. The largest absolute Gasteiger partial charge is 0.494 e. The molecular weight excluding hydrogens is 637 g/mol. The predicted octanol–water partition coefficient (Wildman–Crippen LogP) is 4.40. The molecule has 15 heteroatoms. The molecule has 3 N–H and O–H groups in total. The van der Waals surface area contributed by atoms with E-state index in [4.69, 9.17) is 33.4 Å². The molecule has 0 radical (unpaired) electrons. The zero-order valence-corrected chi connectivity index (χ0v) is 29.1. The van der Waals surface area contributed by atoms with Gasteiger partial charge in [-0.3, -0.25) is 4.79 Å². The fraction of sp³-hybridized carbons (Fsp3) is 0.706. The number of nitrogens with zero attached hydrogens (tertiary/aromatic N) is 4. The summed E-state index contributed by atoms with van der Waals surface area (Å²) in [4.78, 5) is 28.6. The van der Waals surface area contributed by atoms with E-state index in [0.29, 0.717) is 103 Å². The molecule has 0 bridgehead atoms. The topological polar surface area (TPSA) is 150 Å². The van der Waals surface area contributed by atoms with E-state index in [1.54, 1.807) is 19.2 Å². The van der Waals surface area contributed by atoms with Crippen molar-refractivity contribution in [3.8, 4) is 5.75 Å². The Hall–Kier alpha value is -3.37. The first-order chi connectivity index (χ1) is 24.0. The Bertz CT molecular complexity index is 1230. The summed E-state index contributed by atoms with van der Waals surface area (Å²) in [5.41, 5.74) is 0.500. The lowest BCUT2D eigenvalue weighted by molar-refractivity contribution is -0.133. The Balaban J connectivity index is 1.17. The van der Waals surface area contributed by atoms with E-state index >= 15 is 0 Å². The first-order valence-corrected chi connectivity index (χ1v) is 17.5. The number of nitrogens with one attached hydrogen (secondary N) is 3. The molecule has 1 saturated carbocycles. The number of benzene rings is 1. The fourth-order valence-corrected chi connectivity index (χ4v) is 5.72. The number of rotatable bonds is 22. The van der Waals surface area contributed by atoms with E-state index in [2.05, 4.69) is 25.9 Å². The second-order valence-corrected chi connectivity index (χ2v) is 12.1. The number of carbonyl (C=O) groups excluding carboxylic acids is 1. The maximum Gasteiger partial charge on any atom is 0.233 e. The van der Waals surface area contributed by atoms with Crippen LogP contribution in [0.2, 0.25) is 0 Å². The molecule has 1 amide bonds. The quantitative estimate of drug-likeness (QED) is 0.118. The van der Waals surface area contributed by atoms with Gasteiger partial charge in [-0.2, -0.15) is 15.0 Å². The second-order valence-electron chi connectivity index (χ2n) is 12.1. The molecule has 2 aliphatic rings. The van der Waals surface area contributed by atoms with Gasteiger partial charge in [0.15, 0.2) is 11.6 Å². The molecule has 0 unspecified atom stereocenters. The molecule has 49 heavy (non-hydrogen) atoms. The maximum absolute atomic E-state index is 14.4. The van der Waals surface area contributed by atoms with Crippen molar-refractivity contribution in [1.29, 1.82) is 0 Å². The van der Waals surface area contributed by atoms with Gasteiger partial charge in [-0.1, -0.05) is 25.7 Å². The number of hydrogen-bond donors (Lipinski definition) is 3. The average molecular weight is 692 g/mol. The molecule has 0 spiro atoms. The molecule has 274 valence electrons. The van der Waals surface area contributed by atoms with E-state index in [0.717, 1.165) is 25.7 Å². The third-order valence-electron chi connectivity index (χ3n) is 8.42. The summed E-state index contributed by atoms with van der Waals surface area (Å²) in [6.07, 6.45) is 8.79. The SMILES string of the molecule is COCCOCCOCCOCCOCCC(=O)N1CCC(Nc2nc(Nc3ccc(OC)c(F)c3)nc(NC3CCCCCC3)n2)CC1. The van der Waals surface area contributed by atoms with Gasteiger partial charge in [0, 0.05) is 44.0 Å². The lowest BCUT2D eigenvalue weighted by atomic mass is 10.0. The standard InChI is InChI=1S/C34H54FN7O7/c1-44-17-18-47-21-22-49-24-23-48-20-19-46-16-13-31(43)42-14-11-27(12-15-42)37-33-39-32(36-26-7-5-3-4-6-8-26)40-34(41-33)38-28-9-10-30(45-2)29(35)25-28/h9-10,25-27H,3-8,11-24H2,1-2H3,(H3,36,37,38,39,40,41). The molecule has 1 aromatic carbocycles. The van der Waals surface area contributed by atoms with Crippen molar-refractivity contribution in [3.63, 3.8) is 0 Å². The zero-order valence-electron chi connectivity index (χ0n) is 29.1. The normalized spacial score (nSPS) is 15.9. The number of hydrogen-bond acceptors (Lipinski definition) is 13. The number of aromatic nitrogens is 3. The zero-order chi connectivity index (χ0) is 34.5. The lowest BCUT2D eigenvalue weighted by Crippen LogP contribution is -2.43. The lowest BCUT2D eigenvalue weighted by Gasteiger charge is -2.32. The molecule has 1 aromatic heterocycles. The van der Waals surface area contributed by atoms with Gasteiger partial charge in [-0.05, 0) is 37.8 Å². The van der Waals surface area contributed by atoms with Crippen molar-refractivity contribution in [2.24, 2.45) is 0 Å². The van der Waals surface area contributed by atoms with Gasteiger partial charge in [0.2, 0.25) is 23.8 Å². The summed E-state index contributed by atoms with van der Waals surface area (Å²) in [5.74, 6) is 0.981. The molecule has 2 aromatic rings. The van der Waals surface area contributed by atoms with Gasteiger partial charge in [0.25, 0.3) is 0 Å². The van der Waals surface area contributed by atoms with Crippen molar-refractivity contribution < 1.29 is 37.6 Å². The van der Waals surface area contributed by atoms with Crippen molar-refractivity contribution in [1.82, 2.24) is 19.9 Å². The Morgan fingerprint density at radius 2 is 1.27 bits per heavy atom. The van der Waals surface area contributed by atoms with Crippen LogP contribution >= 0.6 is 0 Å². The minimum absolute atomic E-state index is 0.0775. The Labute approximate surface area is 289 Å². The van der Waals surface area contributed by atoms with Gasteiger partial charge in [-0.15, -0.1) is 0 Å². The van der Waals surface area contributed by atoms with E-state index in [1.807, 2.05) is 4.90 Å². The highest BCUT2D eigenvalue weighted by molar-refractivity contribution is 5.76. The highest BCUT2D eigenvalue weighted by atomic mass is 19.1. The number of likely N-dealkylation sites (tertiary alicyclic amines) is 1. The molecule has 1 aliphatic heterocycles. The maximum atomic E-state index is 14.4. The number of carbonyl (C=O) groups is 1. The molecule has 1 aliphatic carbocycles. The minimum atomic E-state index is -0.479. The van der Waals surface area contributed by atoms with Crippen LogP contribution in [0.3, 0.4) is 0 Å². The van der Waals surface area contributed by atoms with Crippen molar-refractivity contribution >= 4 is 29.4 Å². The van der Waals surface area contributed by atoms with Crippen molar-refractivity contribution in [3.05, 3.63) is 24.0 Å². The predicted molar refractivity (Wildman–Crippen MR) is 184 cm³/mol. The van der Waals surface area contributed by atoms with Gasteiger partial charge in [0.1, 0.15) is 0 Å². The number of ether oxygens (including phenoxy) is 6. The monoisotopic (exact) mass is 691 g/mol. The number of methoxy groups -OCH3 is 2. The van der Waals surface area contributed by atoms with Crippen LogP contribution in [-0.4, -0.2) is 125 Å². The van der Waals surface area contributed by atoms with Crippen LogP contribution in [0, 0.1) is 5.82 Å². The summed E-state index contributed by atoms with van der Waals surface area (Å²) in [5, 5.41) is 10.1. The molecule has 1 saturated heterocycles. The number of anilines is 4. The second kappa shape index (κ2) is 22.4. The Morgan fingerprint density at radius 3 is 1.82 bits per heavy atom. The van der Waals surface area contributed by atoms with Crippen LogP contribution < -0.4 is 20.7 Å². The smallest absolute Gasteiger partial charge is 0.233 e. The fourth-order valence-electron chi connectivity index (χ4n) is 5.72. The van der Waals surface area contributed by atoms with Crippen LogP contribution in [0.1, 0.15) is 57.8 Å². The highest BCUT2D eigenvalue weighted by Crippen LogP contribution is 2.25. The Kier molecular flexibility index (Phi) is 17.5. The molecule has 2 fully saturated rings. The molecule has 0 atom stereocenters. The van der Waals surface area contributed by atoms with E-state index < -0.39 is 5.82 Å². The van der Waals surface area contributed by atoms with Crippen LogP contribution in [0.5, 0.6) is 5.75 Å². The Morgan fingerprint density at radius 1 is 0.735 bits per heavy atom. The van der Waals surface area contributed by atoms with Gasteiger partial charge in [-0.25, -0.2) is 4.39 Å². The average Bonchev–Trinajstić information content (AvgIpc) is 3.37. The van der Waals surface area contributed by atoms with Crippen LogP contribution in [0.25, 0.3) is 0 Å². The minimum Gasteiger partial charge on any atom is -0.494 e. The summed E-state index contributed by atoms with van der Waals surface area (Å²) in [7, 11) is 3.07. The van der Waals surface area contributed by atoms with Crippen molar-refractivity contribution in [2.45, 2.75) is 69.9 Å². The highest BCUT2D eigenvalue weighted by Gasteiger charge is 2.24. The van der Waals surface area contributed by atoms with Gasteiger partial charge < -0.3 is 49.3 Å². The summed E-state index contributed by atoms with van der Waals surface area (Å²) >= 11 is 0. The first-order valence-electron chi connectivity index (χ1n) is 17.5. The molecule has 14 nitrogen and oxygen atoms in total. The number of piperidine rings is 1. The number of amides is 1. The van der Waals surface area contributed by atoms with Crippen LogP contribution in [0.15, 0.2) is 18.2 Å². The van der Waals surface area contributed by atoms with Crippen molar-refractivity contribution in [2.75, 3.05) is 103 Å². The first kappa shape index (κ1) is 38.4. The molecule has 2 heterocycles. The third kappa shape index (κ3) is 14.6. The van der Waals surface area contributed by atoms with E-state index in [9.17, 15) is 9.18 Å². The van der Waals surface area contributed by atoms with Gasteiger partial charge in [0.05, 0.1) is 73.0 Å². The molecule has 4 rings (SSSR count). The summed E-state index contributed by atoms with van der Waals surface area (Å²) in [6.45, 7) is 5.63. The molecular formula is C34H54FN7O7. The number of halogens is 1. The van der Waals surface area contributed by atoms with Crippen LogP contribution in [-0.2, 0) is 28.5 Å². The summed E-state index contributed by atoms with van der Waals surface area (Å²) < 4.78 is 46.2. The van der Waals surface area contributed by atoms with Gasteiger partial charge >= 0.3 is 0 Å². The van der Waals surface area contributed by atoms with E-state index in [-0.39, 0.29) is 23.7 Å². The van der Waals surface area contributed by atoms with E-state index in [1.165, 1.54) is 38.9 Å². The summed E-state index contributed by atoms with van der Waals surface area (Å²) in [6, 6.07) is 4.99.